The average molecular weight is 317 g/mol. The van der Waals surface area contributed by atoms with Gasteiger partial charge in [0.1, 0.15) is 4.21 Å². The highest BCUT2D eigenvalue weighted by Crippen LogP contribution is 2.33. The van der Waals surface area contributed by atoms with Gasteiger partial charge in [-0.05, 0) is 30.7 Å². The van der Waals surface area contributed by atoms with Gasteiger partial charge in [0.2, 0.25) is 0 Å². The predicted octanol–water partition coefficient (Wildman–Crippen LogP) is 2.65. The second kappa shape index (κ2) is 5.46. The molecule has 7 heteroatoms. The van der Waals surface area contributed by atoms with E-state index in [9.17, 15) is 13.2 Å². The molecule has 0 radical (unpaired) electrons. The quantitative estimate of drug-likeness (QED) is 0.930. The third-order valence-corrected chi connectivity index (χ3v) is 7.03. The Bertz CT molecular complexity index is 604. The van der Waals surface area contributed by atoms with E-state index in [0.717, 1.165) is 30.6 Å². The van der Waals surface area contributed by atoms with Gasteiger partial charge in [0.25, 0.3) is 10.0 Å². The minimum absolute atomic E-state index is 0.0312. The lowest BCUT2D eigenvalue weighted by Gasteiger charge is -2.22. The Morgan fingerprint density at radius 3 is 2.65 bits per heavy atom. The van der Waals surface area contributed by atoms with Gasteiger partial charge in [-0.3, -0.25) is 0 Å². The average Bonchev–Trinajstić information content (AvgIpc) is 2.76. The first-order valence-electron chi connectivity index (χ1n) is 6.54. The molecular weight excluding hydrogens is 298 g/mol. The molecule has 0 atom stereocenters. The fraction of sp³-hybridized carbons (Fsp3) is 0.615. The Hall–Kier alpha value is -0.920. The molecule has 1 aromatic rings. The van der Waals surface area contributed by atoms with Crippen LogP contribution in [0.5, 0.6) is 0 Å². The molecule has 0 unspecified atom stereocenters. The number of hydrogen-bond donors (Lipinski definition) is 1. The summed E-state index contributed by atoms with van der Waals surface area (Å²) in [6.45, 7) is 5.30. The second-order valence-corrected chi connectivity index (χ2v) is 8.96. The Balaban J connectivity index is 2.23. The summed E-state index contributed by atoms with van der Waals surface area (Å²) >= 11 is 0.975. The number of carboxylic acids is 1. The van der Waals surface area contributed by atoms with E-state index in [1.54, 1.807) is 0 Å². The third kappa shape index (κ3) is 3.21. The molecule has 1 fully saturated rings. The van der Waals surface area contributed by atoms with Crippen LogP contribution in [0.2, 0.25) is 0 Å². The lowest BCUT2D eigenvalue weighted by Crippen LogP contribution is -2.32. The Kier molecular flexibility index (Phi) is 4.22. The van der Waals surface area contributed by atoms with Crippen LogP contribution in [0.15, 0.2) is 15.7 Å². The summed E-state index contributed by atoms with van der Waals surface area (Å²) in [5, 5.41) is 10.3. The van der Waals surface area contributed by atoms with Crippen LogP contribution in [0.25, 0.3) is 0 Å². The Morgan fingerprint density at radius 2 is 2.05 bits per heavy atom. The first-order valence-corrected chi connectivity index (χ1v) is 8.86. The number of carboxylic acid groups (broad SMARTS) is 1. The maximum atomic E-state index is 12.5. The fourth-order valence-corrected chi connectivity index (χ4v) is 5.12. The van der Waals surface area contributed by atoms with Gasteiger partial charge in [0.05, 0.1) is 5.56 Å². The monoisotopic (exact) mass is 317 g/mol. The molecule has 0 saturated carbocycles. The lowest BCUT2D eigenvalue weighted by molar-refractivity contribution is 0.0697. The summed E-state index contributed by atoms with van der Waals surface area (Å²) in [4.78, 5) is 10.9. The molecule has 1 aliphatic rings. The summed E-state index contributed by atoms with van der Waals surface area (Å²) in [6, 6.07) is 1.25. The first kappa shape index (κ1) is 15.5. The van der Waals surface area contributed by atoms with Crippen LogP contribution in [-0.4, -0.2) is 36.9 Å². The van der Waals surface area contributed by atoms with Gasteiger partial charge < -0.3 is 5.11 Å². The minimum atomic E-state index is -3.56. The molecule has 1 N–H and O–H groups in total. The van der Waals surface area contributed by atoms with Crippen LogP contribution < -0.4 is 0 Å². The van der Waals surface area contributed by atoms with Crippen molar-refractivity contribution in [2.24, 2.45) is 5.41 Å². The molecule has 1 aliphatic heterocycles. The number of nitrogens with zero attached hydrogens (tertiary/aromatic N) is 1. The van der Waals surface area contributed by atoms with Crippen molar-refractivity contribution in [1.29, 1.82) is 0 Å². The van der Waals surface area contributed by atoms with Crippen molar-refractivity contribution < 1.29 is 18.3 Å². The van der Waals surface area contributed by atoms with Crippen LogP contribution in [0.4, 0.5) is 0 Å². The van der Waals surface area contributed by atoms with Crippen molar-refractivity contribution >= 4 is 27.3 Å². The fourth-order valence-electron chi connectivity index (χ4n) is 2.33. The Labute approximate surface area is 123 Å². The van der Waals surface area contributed by atoms with Crippen LogP contribution in [0.3, 0.4) is 0 Å². The molecule has 2 heterocycles. The van der Waals surface area contributed by atoms with Gasteiger partial charge >= 0.3 is 5.97 Å². The predicted molar refractivity (Wildman–Crippen MR) is 77.7 cm³/mol. The molecule has 1 saturated heterocycles. The number of hydrogen-bond acceptors (Lipinski definition) is 4. The molecule has 20 heavy (non-hydrogen) atoms. The van der Waals surface area contributed by atoms with E-state index >= 15 is 0 Å². The molecule has 1 aromatic heterocycles. The van der Waals surface area contributed by atoms with Crippen LogP contribution in [-0.2, 0) is 10.0 Å². The van der Waals surface area contributed by atoms with E-state index in [1.807, 2.05) is 0 Å². The third-order valence-electron chi connectivity index (χ3n) is 3.72. The normalized spacial score (nSPS) is 20.5. The molecule has 0 bridgehead atoms. The van der Waals surface area contributed by atoms with E-state index in [4.69, 9.17) is 5.11 Å². The molecule has 5 nitrogen and oxygen atoms in total. The van der Waals surface area contributed by atoms with Gasteiger partial charge in [-0.2, -0.15) is 4.31 Å². The molecule has 0 spiro atoms. The summed E-state index contributed by atoms with van der Waals surface area (Å²) in [6.07, 6.45) is 2.66. The van der Waals surface area contributed by atoms with Crippen molar-refractivity contribution in [2.75, 3.05) is 13.1 Å². The SMILES string of the molecule is CC1(C)CCCN(S(=O)(=O)c2cc(C(=O)O)cs2)CC1. The highest BCUT2D eigenvalue weighted by molar-refractivity contribution is 7.91. The smallest absolute Gasteiger partial charge is 0.336 e. The number of rotatable bonds is 3. The van der Waals surface area contributed by atoms with E-state index in [2.05, 4.69) is 13.8 Å². The summed E-state index contributed by atoms with van der Waals surface area (Å²) in [7, 11) is -3.56. The van der Waals surface area contributed by atoms with Crippen molar-refractivity contribution in [3.63, 3.8) is 0 Å². The molecule has 0 amide bonds. The highest BCUT2D eigenvalue weighted by Gasteiger charge is 2.31. The highest BCUT2D eigenvalue weighted by atomic mass is 32.2. The zero-order valence-electron chi connectivity index (χ0n) is 11.6. The summed E-state index contributed by atoms with van der Waals surface area (Å²) in [5.41, 5.74) is 0.190. The summed E-state index contributed by atoms with van der Waals surface area (Å²) < 4.78 is 26.7. The van der Waals surface area contributed by atoms with Gasteiger partial charge in [0, 0.05) is 18.5 Å². The van der Waals surface area contributed by atoms with Crippen molar-refractivity contribution in [3.8, 4) is 0 Å². The largest absolute Gasteiger partial charge is 0.478 e. The van der Waals surface area contributed by atoms with Crippen LogP contribution in [0, 0.1) is 5.41 Å². The van der Waals surface area contributed by atoms with Crippen molar-refractivity contribution in [1.82, 2.24) is 4.31 Å². The maximum absolute atomic E-state index is 12.5. The van der Waals surface area contributed by atoms with Gasteiger partial charge in [-0.25, -0.2) is 13.2 Å². The number of sulfonamides is 1. The second-order valence-electron chi connectivity index (χ2n) is 5.88. The molecule has 0 aliphatic carbocycles. The van der Waals surface area contributed by atoms with Crippen LogP contribution >= 0.6 is 11.3 Å². The van der Waals surface area contributed by atoms with E-state index in [1.165, 1.54) is 15.8 Å². The minimum Gasteiger partial charge on any atom is -0.478 e. The van der Waals surface area contributed by atoms with Gasteiger partial charge in [-0.1, -0.05) is 13.8 Å². The molecule has 112 valence electrons. The standard InChI is InChI=1S/C13H19NO4S2/c1-13(2)4-3-6-14(7-5-13)20(17,18)11-8-10(9-19-11)12(15)16/h8-9H,3-7H2,1-2H3,(H,15,16). The van der Waals surface area contributed by atoms with Crippen LogP contribution in [0.1, 0.15) is 43.5 Å². The lowest BCUT2D eigenvalue weighted by atomic mass is 9.85. The zero-order chi connectivity index (χ0) is 15.0. The molecular formula is C13H19NO4S2. The molecule has 2 rings (SSSR count). The van der Waals surface area contributed by atoms with Crippen molar-refractivity contribution in [3.05, 3.63) is 17.0 Å². The number of thiophene rings is 1. The molecule has 0 aromatic carbocycles. The maximum Gasteiger partial charge on any atom is 0.336 e. The van der Waals surface area contributed by atoms with Gasteiger partial charge in [0.15, 0.2) is 0 Å². The zero-order valence-corrected chi connectivity index (χ0v) is 13.3. The van der Waals surface area contributed by atoms with E-state index < -0.39 is 16.0 Å². The Morgan fingerprint density at radius 1 is 1.35 bits per heavy atom. The number of aromatic carboxylic acids is 1. The van der Waals surface area contributed by atoms with E-state index in [0.29, 0.717) is 13.1 Å². The van der Waals surface area contributed by atoms with E-state index in [-0.39, 0.29) is 15.2 Å². The summed E-state index contributed by atoms with van der Waals surface area (Å²) in [5.74, 6) is -1.10. The van der Waals surface area contributed by atoms with Gasteiger partial charge in [-0.15, -0.1) is 11.3 Å². The topological polar surface area (TPSA) is 74.7 Å². The number of carbonyl (C=O) groups is 1. The van der Waals surface area contributed by atoms with Crippen molar-refractivity contribution in [2.45, 2.75) is 37.3 Å². The first-order chi connectivity index (χ1) is 9.22.